The molecule has 2 aliphatic rings. The largest absolute Gasteiger partial charge is 0.445 e. The zero-order chi connectivity index (χ0) is 76.6. The van der Waals surface area contributed by atoms with E-state index in [4.69, 9.17) is 25.7 Å². The zero-order valence-corrected chi connectivity index (χ0v) is 64.9. The Labute approximate surface area is 619 Å². The quantitative estimate of drug-likeness (QED) is 0.0229. The highest BCUT2D eigenvalue weighted by atomic mass is 32.2. The number of thioether (sulfide) groups is 2. The number of hydrogen-bond donors (Lipinski definition) is 10. The minimum atomic E-state index is -1.08. The molecule has 0 saturated carbocycles. The van der Waals surface area contributed by atoms with E-state index >= 15 is 0 Å². The third kappa shape index (κ3) is 24.5. The Bertz CT molecular complexity index is 3190. The van der Waals surface area contributed by atoms with Gasteiger partial charge in [0.1, 0.15) is 40.6 Å². The van der Waals surface area contributed by atoms with E-state index < -0.39 is 148 Å². The lowest BCUT2D eigenvalue weighted by Gasteiger charge is -2.41. The lowest BCUT2D eigenvalue weighted by molar-refractivity contribution is -0.148. The number of imide groups is 1. The number of aliphatic hydroxyl groups is 1. The molecule has 0 radical (unpaired) electrons. The first-order chi connectivity index (χ1) is 48.1. The molecule has 0 bridgehead atoms. The summed E-state index contributed by atoms with van der Waals surface area (Å²) in [5.41, 5.74) is 13.2. The van der Waals surface area contributed by atoms with Crippen LogP contribution in [0.1, 0.15) is 145 Å². The first-order valence-electron chi connectivity index (χ1n) is 34.7. The van der Waals surface area contributed by atoms with Gasteiger partial charge in [0.05, 0.1) is 60.9 Å². The van der Waals surface area contributed by atoms with Crippen LogP contribution in [0.4, 0.5) is 10.5 Å². The molecular weight excluding hydrogens is 1390 g/mol. The van der Waals surface area contributed by atoms with Gasteiger partial charge in [0.25, 0.3) is 11.8 Å². The monoisotopic (exact) mass is 1500 g/mol. The fourth-order valence-corrected chi connectivity index (χ4v) is 14.6. The van der Waals surface area contributed by atoms with Crippen molar-refractivity contribution in [1.29, 1.82) is 0 Å². The third-order valence-electron chi connectivity index (χ3n) is 18.5. The Morgan fingerprint density at radius 2 is 1.26 bits per heavy atom. The third-order valence-corrected chi connectivity index (χ3v) is 21.5. The summed E-state index contributed by atoms with van der Waals surface area (Å²) in [4.78, 5) is 168. The van der Waals surface area contributed by atoms with Gasteiger partial charge in [-0.2, -0.15) is 25.3 Å². The van der Waals surface area contributed by atoms with E-state index in [0.29, 0.717) is 79.0 Å². The molecule has 2 aromatic carbocycles. The highest BCUT2D eigenvalue weighted by Crippen LogP contribution is 2.39. The molecular formula is C71H109N11O16S4. The van der Waals surface area contributed by atoms with E-state index in [1.807, 2.05) is 32.0 Å². The number of carbonyl (C=O) groups excluding carboxylic acids is 12. The van der Waals surface area contributed by atoms with Gasteiger partial charge in [0.2, 0.25) is 51.6 Å². The molecule has 0 aliphatic carbocycles. The van der Waals surface area contributed by atoms with E-state index in [-0.39, 0.29) is 77.4 Å². The molecule has 1 fully saturated rings. The minimum Gasteiger partial charge on any atom is -0.445 e. The van der Waals surface area contributed by atoms with Crippen molar-refractivity contribution in [2.75, 3.05) is 58.2 Å². The molecule has 568 valence electrons. The molecule has 0 unspecified atom stereocenters. The molecule has 31 heteroatoms. The Morgan fingerprint density at radius 1 is 0.686 bits per heavy atom. The van der Waals surface area contributed by atoms with Gasteiger partial charge in [-0.05, 0) is 110 Å². The van der Waals surface area contributed by atoms with Crippen LogP contribution in [-0.4, -0.2) is 214 Å². The minimum absolute atomic E-state index is 0.00957. The SMILES string of the molecule is CC[C@@H](C)[C@@H]([C@@H](CC(=O)N1CCC[C@H]1[C@H](OC)[C@@H](C)C(=O)N[C@@H](C)[C@H](O)c1ccccc1)OC)N(C)C(=O)[C@@H](NC(=O)[C@H](C(C)C)N(C)C(=O)OCc1ccc(NC(=O)[C@@H](C)NC(=O)[C@H](NC(=O)CCCCCN2C(=O)C(SC(=O)[C@@H](N)CS)=C(SC(=O)[C@@H](N)CS)C2=O)C(C)C)cc1)C(C)C. The molecule has 102 heavy (non-hydrogen) atoms. The van der Waals surface area contributed by atoms with Gasteiger partial charge in [-0.1, -0.05) is 118 Å². The Balaban J connectivity index is 1.30. The summed E-state index contributed by atoms with van der Waals surface area (Å²) in [6.45, 7) is 19.6. The maximum atomic E-state index is 14.8. The average Bonchev–Trinajstić information content (AvgIpc) is 1.62. The van der Waals surface area contributed by atoms with Crippen molar-refractivity contribution in [2.24, 2.45) is 41.1 Å². The first kappa shape index (κ1) is 87.8. The summed E-state index contributed by atoms with van der Waals surface area (Å²) in [6.07, 6.45) is -0.463. The van der Waals surface area contributed by atoms with Crippen molar-refractivity contribution < 1.29 is 76.9 Å². The van der Waals surface area contributed by atoms with Crippen LogP contribution in [0.15, 0.2) is 64.4 Å². The number of nitrogens with one attached hydrogen (secondary N) is 5. The molecule has 2 aliphatic heterocycles. The van der Waals surface area contributed by atoms with Crippen molar-refractivity contribution in [3.63, 3.8) is 0 Å². The number of likely N-dealkylation sites (tertiary alicyclic amines) is 1. The molecule has 0 spiro atoms. The number of nitrogens with zero attached hydrogens (tertiary/aromatic N) is 4. The number of methoxy groups -OCH3 is 2. The van der Waals surface area contributed by atoms with Gasteiger partial charge in [-0.25, -0.2) is 4.79 Å². The summed E-state index contributed by atoms with van der Waals surface area (Å²) < 4.78 is 17.7. The smallest absolute Gasteiger partial charge is 0.410 e. The highest BCUT2D eigenvalue weighted by Gasteiger charge is 2.45. The fourth-order valence-electron chi connectivity index (χ4n) is 12.2. The molecule has 2 aromatic rings. The Morgan fingerprint density at radius 3 is 1.78 bits per heavy atom. The number of unbranched alkanes of at least 4 members (excludes halogenated alkanes) is 2. The predicted molar refractivity (Wildman–Crippen MR) is 399 cm³/mol. The van der Waals surface area contributed by atoms with Gasteiger partial charge in [0.15, 0.2) is 0 Å². The fraction of sp³-hybridized carbons (Fsp3) is 0.634. The number of aliphatic hydroxyl groups excluding tert-OH is 1. The van der Waals surface area contributed by atoms with Crippen LogP contribution < -0.4 is 38.1 Å². The maximum Gasteiger partial charge on any atom is 0.410 e. The second-order valence-electron chi connectivity index (χ2n) is 27.2. The van der Waals surface area contributed by atoms with Gasteiger partial charge in [-0.3, -0.25) is 62.5 Å². The molecule has 10 amide bonds. The molecule has 27 nitrogen and oxygen atoms in total. The summed E-state index contributed by atoms with van der Waals surface area (Å²) in [5.74, 6) is -6.88. The van der Waals surface area contributed by atoms with E-state index in [1.54, 1.807) is 109 Å². The highest BCUT2D eigenvalue weighted by molar-refractivity contribution is 8.21. The number of anilines is 1. The van der Waals surface area contributed by atoms with Crippen LogP contribution in [0.25, 0.3) is 0 Å². The Hall–Kier alpha value is -6.58. The van der Waals surface area contributed by atoms with Gasteiger partial charge in [-0.15, -0.1) is 0 Å². The van der Waals surface area contributed by atoms with Crippen molar-refractivity contribution in [2.45, 2.75) is 207 Å². The summed E-state index contributed by atoms with van der Waals surface area (Å²) in [6, 6.07) is 7.49. The van der Waals surface area contributed by atoms with Crippen LogP contribution in [0, 0.1) is 29.6 Å². The standard InChI is InChI=1S/C71H109N11O16S4/c1-16-41(8)57(51(96-14)34-53(84)81-33-23-26-50(81)59(97-15)42(9)62(86)74-43(10)58(85)46-24-19-17-20-25-46)79(12)66(90)55(39(4)5)78-65(89)56(40(6)7)80(13)71(95)98-35-45-28-30-47(31-29-45)76-63(87)44(11)75-64(88)54(38(2)3)77-52(83)27-21-18-22-32-82-67(91)60(101-69(93)48(72)36-99)61(68(82)92)102-70(94)49(73)37-100/h17,19-20,24-25,28-31,38-44,48-51,54-59,85,99-100H,16,18,21-23,26-27,32-37,72-73H2,1-15H3,(H,74,86)(H,75,88)(H,76,87)(H,77,83)(H,78,89)/t41-,42-,43+,44-,48+,49+,50+,51-,54-,55+,56+,57+,58+,59-/m1/s1. The summed E-state index contributed by atoms with van der Waals surface area (Å²) in [7, 11) is 6.07. The van der Waals surface area contributed by atoms with E-state index in [9.17, 15) is 62.6 Å². The number of nitrogens with two attached hydrogens (primary N) is 2. The topological polar surface area (TPSA) is 378 Å². The lowest BCUT2D eigenvalue weighted by Crippen LogP contribution is -2.60. The Kier molecular flexibility index (Phi) is 36.5. The number of amides is 10. The summed E-state index contributed by atoms with van der Waals surface area (Å²) in [5, 5.41) is 23.7. The van der Waals surface area contributed by atoms with Crippen molar-refractivity contribution in [1.82, 2.24) is 40.9 Å². The first-order valence-corrected chi connectivity index (χ1v) is 37.6. The van der Waals surface area contributed by atoms with E-state index in [2.05, 4.69) is 51.8 Å². The van der Waals surface area contributed by atoms with E-state index in [1.165, 1.54) is 33.1 Å². The number of rotatable bonds is 40. The normalized spacial score (nSPS) is 17.9. The average molecular weight is 1500 g/mol. The van der Waals surface area contributed by atoms with Gasteiger partial charge in [0, 0.05) is 65.0 Å². The van der Waals surface area contributed by atoms with Crippen LogP contribution in [0.2, 0.25) is 0 Å². The van der Waals surface area contributed by atoms with E-state index in [0.717, 1.165) is 4.90 Å². The molecule has 2 heterocycles. The molecule has 4 rings (SSSR count). The number of thiol groups is 2. The number of hydrogen-bond acceptors (Lipinski definition) is 22. The second kappa shape index (κ2) is 42.4. The van der Waals surface area contributed by atoms with Crippen LogP contribution in [-0.2, 0) is 73.6 Å². The number of ether oxygens (including phenoxy) is 3. The number of carbonyl (C=O) groups is 12. The van der Waals surface area contributed by atoms with Gasteiger partial charge >= 0.3 is 6.09 Å². The number of likely N-dealkylation sites (N-methyl/N-ethyl adjacent to an activating group) is 2. The van der Waals surface area contributed by atoms with Crippen molar-refractivity contribution in [3.05, 3.63) is 75.5 Å². The van der Waals surface area contributed by atoms with Crippen LogP contribution in [0.3, 0.4) is 0 Å². The lowest BCUT2D eigenvalue weighted by atomic mass is 9.89. The van der Waals surface area contributed by atoms with Crippen LogP contribution in [0.5, 0.6) is 0 Å². The molecule has 1 saturated heterocycles. The summed E-state index contributed by atoms with van der Waals surface area (Å²) >= 11 is 9.00. The second-order valence-corrected chi connectivity index (χ2v) is 29.9. The molecule has 10 N–H and O–H groups in total. The molecule has 14 atom stereocenters. The van der Waals surface area contributed by atoms with Crippen LogP contribution >= 0.6 is 48.8 Å². The van der Waals surface area contributed by atoms with Gasteiger partial charge < -0.3 is 67.2 Å². The van der Waals surface area contributed by atoms with Crippen molar-refractivity contribution in [3.8, 4) is 0 Å². The zero-order valence-electron chi connectivity index (χ0n) is 61.4. The molecule has 0 aromatic heterocycles. The van der Waals surface area contributed by atoms with Crippen molar-refractivity contribution >= 4 is 124 Å². The predicted octanol–water partition coefficient (Wildman–Crippen LogP) is 5.34. The maximum absolute atomic E-state index is 14.8. The number of benzene rings is 2.